The van der Waals surface area contributed by atoms with Crippen molar-refractivity contribution >= 4 is 0 Å². The fourth-order valence-electron chi connectivity index (χ4n) is 5.11. The largest absolute Gasteiger partial charge is 0.390 e. The van der Waals surface area contributed by atoms with Gasteiger partial charge in [-0.2, -0.15) is 0 Å². The Kier molecular flexibility index (Phi) is 26.8. The Morgan fingerprint density at radius 3 is 0.971 bits per heavy atom. The van der Waals surface area contributed by atoms with Gasteiger partial charge in [0.25, 0.3) is 0 Å². The van der Waals surface area contributed by atoms with Crippen LogP contribution < -0.4 is 0 Å². The minimum atomic E-state index is -0.402. The first-order valence-corrected chi connectivity index (χ1v) is 16.1. The molecule has 0 aromatic heterocycles. The van der Waals surface area contributed by atoms with E-state index in [-0.39, 0.29) is 12.2 Å². The molecule has 2 N–H and O–H groups in total. The van der Waals surface area contributed by atoms with Gasteiger partial charge < -0.3 is 14.9 Å². The first kappa shape index (κ1) is 34.9. The van der Waals surface area contributed by atoms with E-state index in [1.807, 2.05) is 0 Å². The molecule has 0 fully saturated rings. The van der Waals surface area contributed by atoms with Crippen LogP contribution in [0, 0.1) is 0 Å². The highest BCUT2D eigenvalue weighted by Crippen LogP contribution is 2.24. The monoisotopic (exact) mass is 499 g/mol. The van der Waals surface area contributed by atoms with Crippen molar-refractivity contribution in [2.24, 2.45) is 0 Å². The number of aliphatic hydroxyl groups is 2. The predicted octanol–water partition coefficient (Wildman–Crippen LogP) is 9.90. The lowest BCUT2D eigenvalue weighted by atomic mass is 9.97. The van der Waals surface area contributed by atoms with Crippen molar-refractivity contribution in [2.75, 3.05) is 0 Å². The van der Waals surface area contributed by atoms with Gasteiger partial charge in [0, 0.05) is 0 Å². The van der Waals surface area contributed by atoms with Gasteiger partial charge in [0.15, 0.2) is 0 Å². The summed E-state index contributed by atoms with van der Waals surface area (Å²) in [7, 11) is 0. The maximum atomic E-state index is 11.0. The van der Waals surface area contributed by atoms with Gasteiger partial charge in [-0.05, 0) is 25.7 Å². The Morgan fingerprint density at radius 1 is 0.371 bits per heavy atom. The number of rotatable bonds is 28. The van der Waals surface area contributed by atoms with Crippen LogP contribution in [0.25, 0.3) is 0 Å². The Labute approximate surface area is 221 Å². The van der Waals surface area contributed by atoms with Crippen LogP contribution in [0.3, 0.4) is 0 Å². The van der Waals surface area contributed by atoms with E-state index < -0.39 is 12.2 Å². The molecule has 0 heterocycles. The fraction of sp³-hybridized carbons (Fsp3) is 1.00. The molecule has 0 aromatic carbocycles. The fourth-order valence-corrected chi connectivity index (χ4v) is 5.11. The highest BCUT2D eigenvalue weighted by atomic mass is 16.5. The van der Waals surface area contributed by atoms with Crippen molar-refractivity contribution in [1.29, 1.82) is 0 Å². The van der Waals surface area contributed by atoms with E-state index in [1.54, 1.807) is 0 Å². The van der Waals surface area contributed by atoms with Crippen LogP contribution in [0.1, 0.15) is 182 Å². The van der Waals surface area contributed by atoms with Crippen LogP contribution in [0.5, 0.6) is 0 Å². The third-order valence-electron chi connectivity index (χ3n) is 7.60. The van der Waals surface area contributed by atoms with Gasteiger partial charge in [0.2, 0.25) is 0 Å². The lowest BCUT2D eigenvalue weighted by molar-refractivity contribution is -0.125. The lowest BCUT2D eigenvalue weighted by Crippen LogP contribution is -2.38. The molecule has 0 spiro atoms. The van der Waals surface area contributed by atoms with Crippen LogP contribution in [-0.2, 0) is 4.74 Å². The van der Waals surface area contributed by atoms with Crippen LogP contribution >= 0.6 is 0 Å². The molecule has 0 rings (SSSR count). The lowest BCUT2D eigenvalue weighted by Gasteiger charge is -2.31. The topological polar surface area (TPSA) is 49.7 Å². The van der Waals surface area contributed by atoms with Crippen molar-refractivity contribution in [3.63, 3.8) is 0 Å². The van der Waals surface area contributed by atoms with Crippen LogP contribution in [0.4, 0.5) is 0 Å². The van der Waals surface area contributed by atoms with Gasteiger partial charge in [-0.15, -0.1) is 0 Å². The average molecular weight is 499 g/mol. The third-order valence-corrected chi connectivity index (χ3v) is 7.60. The first-order valence-electron chi connectivity index (χ1n) is 16.1. The van der Waals surface area contributed by atoms with Crippen LogP contribution in [0.2, 0.25) is 0 Å². The molecule has 4 atom stereocenters. The molecule has 0 aliphatic carbocycles. The molecule has 0 saturated carbocycles. The molecule has 0 aliphatic rings. The van der Waals surface area contributed by atoms with Crippen molar-refractivity contribution < 1.29 is 14.9 Å². The van der Waals surface area contributed by atoms with Gasteiger partial charge in [0.1, 0.15) is 0 Å². The van der Waals surface area contributed by atoms with Gasteiger partial charge in [-0.3, -0.25) is 0 Å². The molecule has 0 bridgehead atoms. The SMILES string of the molecule is CCCCCCCCCC(OC(CCCCCCCCC)C(O)CCCCC)C(O)CCCCC. The van der Waals surface area contributed by atoms with E-state index in [2.05, 4.69) is 27.7 Å². The third kappa shape index (κ3) is 21.7. The molecule has 212 valence electrons. The molecule has 0 radical (unpaired) electrons. The number of hydrogen-bond acceptors (Lipinski definition) is 3. The molecule has 3 heteroatoms. The normalized spacial score (nSPS) is 15.3. The molecule has 0 aliphatic heterocycles. The Balaban J connectivity index is 4.85. The predicted molar refractivity (Wildman–Crippen MR) is 154 cm³/mol. The number of hydrogen-bond donors (Lipinski definition) is 2. The summed E-state index contributed by atoms with van der Waals surface area (Å²) >= 11 is 0. The Hall–Kier alpha value is -0.120. The first-order chi connectivity index (χ1) is 17.1. The summed E-state index contributed by atoms with van der Waals surface area (Å²) in [5.41, 5.74) is 0. The maximum Gasteiger partial charge on any atom is 0.0839 e. The second kappa shape index (κ2) is 26.9. The average Bonchev–Trinajstić information content (AvgIpc) is 2.85. The van der Waals surface area contributed by atoms with Gasteiger partial charge >= 0.3 is 0 Å². The van der Waals surface area contributed by atoms with Crippen molar-refractivity contribution in [3.05, 3.63) is 0 Å². The van der Waals surface area contributed by atoms with E-state index in [9.17, 15) is 10.2 Å². The number of unbranched alkanes of at least 4 members (excludes halogenated alkanes) is 16. The van der Waals surface area contributed by atoms with Gasteiger partial charge in [-0.25, -0.2) is 0 Å². The zero-order valence-corrected chi connectivity index (χ0v) is 24.6. The van der Waals surface area contributed by atoms with E-state index in [4.69, 9.17) is 4.74 Å². The van der Waals surface area contributed by atoms with E-state index in [0.717, 1.165) is 51.4 Å². The summed E-state index contributed by atoms with van der Waals surface area (Å²) in [6, 6.07) is 0. The van der Waals surface area contributed by atoms with E-state index in [1.165, 1.54) is 103 Å². The van der Waals surface area contributed by atoms with E-state index in [0.29, 0.717) is 0 Å². The molecule has 35 heavy (non-hydrogen) atoms. The standard InChI is InChI=1S/C32H66O3/c1-5-9-13-15-17-19-23-27-31(29(33)25-21-11-7-3)35-32(30(34)26-22-12-8-4)28-24-20-18-16-14-10-6-2/h29-34H,5-28H2,1-4H3. The summed E-state index contributed by atoms with van der Waals surface area (Å²) in [6.45, 7) is 8.95. The molecular formula is C32H66O3. The summed E-state index contributed by atoms with van der Waals surface area (Å²) in [4.78, 5) is 0. The molecule has 0 amide bonds. The van der Waals surface area contributed by atoms with Crippen molar-refractivity contribution in [2.45, 2.75) is 206 Å². The second-order valence-electron chi connectivity index (χ2n) is 11.2. The maximum absolute atomic E-state index is 11.0. The van der Waals surface area contributed by atoms with Gasteiger partial charge in [0.05, 0.1) is 24.4 Å². The van der Waals surface area contributed by atoms with Gasteiger partial charge in [-0.1, -0.05) is 156 Å². The molecule has 4 unspecified atom stereocenters. The second-order valence-corrected chi connectivity index (χ2v) is 11.2. The zero-order valence-electron chi connectivity index (χ0n) is 24.6. The smallest absolute Gasteiger partial charge is 0.0839 e. The van der Waals surface area contributed by atoms with Crippen molar-refractivity contribution in [1.82, 2.24) is 0 Å². The van der Waals surface area contributed by atoms with Crippen LogP contribution in [0.15, 0.2) is 0 Å². The molecule has 3 nitrogen and oxygen atoms in total. The highest BCUT2D eigenvalue weighted by Gasteiger charge is 2.27. The van der Waals surface area contributed by atoms with Crippen molar-refractivity contribution in [3.8, 4) is 0 Å². The Bertz CT molecular complexity index is 364. The molecule has 0 aromatic rings. The minimum absolute atomic E-state index is 0.127. The minimum Gasteiger partial charge on any atom is -0.390 e. The molecule has 0 saturated heterocycles. The number of aliphatic hydroxyl groups excluding tert-OH is 2. The summed E-state index contributed by atoms with van der Waals surface area (Å²) < 4.78 is 6.63. The number of ether oxygens (including phenoxy) is 1. The summed E-state index contributed by atoms with van der Waals surface area (Å²) in [5.74, 6) is 0. The van der Waals surface area contributed by atoms with Crippen LogP contribution in [-0.4, -0.2) is 34.6 Å². The molecular weight excluding hydrogens is 432 g/mol. The summed E-state index contributed by atoms with van der Waals surface area (Å²) in [6.07, 6.45) is 27.2. The van der Waals surface area contributed by atoms with E-state index >= 15 is 0 Å². The zero-order chi connectivity index (χ0) is 26.0. The summed E-state index contributed by atoms with van der Waals surface area (Å²) in [5, 5.41) is 22.1. The highest BCUT2D eigenvalue weighted by molar-refractivity contribution is 4.77. The Morgan fingerprint density at radius 2 is 0.629 bits per heavy atom. The quantitative estimate of drug-likeness (QED) is 0.105.